The second-order valence-electron chi connectivity index (χ2n) is 6.63. The van der Waals surface area contributed by atoms with Crippen LogP contribution in [0.5, 0.6) is 0 Å². The lowest BCUT2D eigenvalue weighted by Gasteiger charge is -2.22. The van der Waals surface area contributed by atoms with Crippen LogP contribution in [0.25, 0.3) is 0 Å². The fourth-order valence-corrected chi connectivity index (χ4v) is 4.19. The number of aromatic nitrogens is 2. The van der Waals surface area contributed by atoms with Gasteiger partial charge in [0.15, 0.2) is 5.13 Å². The number of amides is 1. The average Bonchev–Trinajstić information content (AvgIpc) is 3.33. The Hall–Kier alpha value is -2.35. The molecule has 144 valence electrons. The van der Waals surface area contributed by atoms with Crippen molar-refractivity contribution in [1.82, 2.24) is 14.9 Å². The third-order valence-electron chi connectivity index (χ3n) is 4.71. The molecule has 3 aromatic rings. The number of rotatable bonds is 5. The van der Waals surface area contributed by atoms with Gasteiger partial charge in [-0.2, -0.15) is 0 Å². The summed E-state index contributed by atoms with van der Waals surface area (Å²) in [4.78, 5) is 23.6. The quantitative estimate of drug-likeness (QED) is 0.641. The number of nitrogens with one attached hydrogen (secondary N) is 1. The number of carbonyl (C=O) groups is 1. The predicted molar refractivity (Wildman–Crippen MR) is 108 cm³/mol. The third-order valence-corrected chi connectivity index (χ3v) is 5.71. The molecule has 1 aliphatic heterocycles. The van der Waals surface area contributed by atoms with E-state index in [1.807, 2.05) is 17.5 Å². The van der Waals surface area contributed by atoms with Crippen LogP contribution in [0.1, 0.15) is 40.6 Å². The molecule has 28 heavy (non-hydrogen) atoms. The summed E-state index contributed by atoms with van der Waals surface area (Å²) in [6, 6.07) is 9.43. The zero-order valence-corrected chi connectivity index (χ0v) is 16.5. The molecular formula is C20H18ClFN4OS. The highest BCUT2D eigenvalue weighted by Crippen LogP contribution is 2.34. The first kappa shape index (κ1) is 19.0. The van der Waals surface area contributed by atoms with Crippen molar-refractivity contribution in [2.24, 2.45) is 0 Å². The van der Waals surface area contributed by atoms with Gasteiger partial charge < -0.3 is 0 Å². The van der Waals surface area contributed by atoms with Gasteiger partial charge in [-0.3, -0.25) is 20.0 Å². The van der Waals surface area contributed by atoms with Crippen molar-refractivity contribution in [3.63, 3.8) is 0 Å². The van der Waals surface area contributed by atoms with Crippen molar-refractivity contribution in [3.05, 3.63) is 75.8 Å². The minimum Gasteiger partial charge on any atom is -0.298 e. The standard InChI is InChI=1S/C20H18ClFN4OS/c21-14-5-8-16(23-10-14)11-26-9-1-2-18(26)17-12-28-20(24-17)25-19(27)13-3-6-15(22)7-4-13/h3-8,10,12,18H,1-2,9,11H2,(H,24,25,27)/t18-/m1/s1. The van der Waals surface area contributed by atoms with E-state index in [4.69, 9.17) is 11.6 Å². The Labute approximate surface area is 171 Å². The normalized spacial score (nSPS) is 17.0. The summed E-state index contributed by atoms with van der Waals surface area (Å²) in [5, 5.41) is 5.95. The Morgan fingerprint density at radius 2 is 2.11 bits per heavy atom. The molecule has 2 aromatic heterocycles. The fourth-order valence-electron chi connectivity index (χ4n) is 3.33. The molecular weight excluding hydrogens is 399 g/mol. The van der Waals surface area contributed by atoms with Crippen LogP contribution in [0.2, 0.25) is 5.02 Å². The van der Waals surface area contributed by atoms with E-state index >= 15 is 0 Å². The Balaban J connectivity index is 1.43. The topological polar surface area (TPSA) is 58.1 Å². The number of carbonyl (C=O) groups excluding carboxylic acids is 1. The molecule has 0 unspecified atom stereocenters. The fraction of sp³-hybridized carbons (Fsp3) is 0.250. The first-order valence-corrected chi connectivity index (χ1v) is 10.2. The van der Waals surface area contributed by atoms with Gasteiger partial charge in [0.05, 0.1) is 22.5 Å². The highest BCUT2D eigenvalue weighted by molar-refractivity contribution is 7.14. The molecule has 3 heterocycles. The number of nitrogens with zero attached hydrogens (tertiary/aromatic N) is 3. The van der Waals surface area contributed by atoms with E-state index in [2.05, 4.69) is 20.2 Å². The number of hydrogen-bond donors (Lipinski definition) is 1. The highest BCUT2D eigenvalue weighted by Gasteiger charge is 2.28. The van der Waals surface area contributed by atoms with Gasteiger partial charge >= 0.3 is 0 Å². The van der Waals surface area contributed by atoms with Gasteiger partial charge in [-0.15, -0.1) is 11.3 Å². The number of pyridine rings is 1. The molecule has 0 radical (unpaired) electrons. The lowest BCUT2D eigenvalue weighted by Crippen LogP contribution is -2.23. The minimum absolute atomic E-state index is 0.199. The van der Waals surface area contributed by atoms with E-state index in [9.17, 15) is 9.18 Å². The summed E-state index contributed by atoms with van der Waals surface area (Å²) in [5.41, 5.74) is 2.32. The number of hydrogen-bond acceptors (Lipinski definition) is 5. The molecule has 0 bridgehead atoms. The van der Waals surface area contributed by atoms with Crippen molar-refractivity contribution in [2.45, 2.75) is 25.4 Å². The van der Waals surface area contributed by atoms with Crippen molar-refractivity contribution >= 4 is 34.0 Å². The lowest BCUT2D eigenvalue weighted by atomic mass is 10.1. The van der Waals surface area contributed by atoms with E-state index in [0.29, 0.717) is 15.7 Å². The Kier molecular flexibility index (Phi) is 5.66. The summed E-state index contributed by atoms with van der Waals surface area (Å²) < 4.78 is 13.0. The van der Waals surface area contributed by atoms with Crippen LogP contribution in [0, 0.1) is 5.82 Å². The van der Waals surface area contributed by atoms with Gasteiger partial charge in [-0.05, 0) is 55.8 Å². The second-order valence-corrected chi connectivity index (χ2v) is 7.93. The van der Waals surface area contributed by atoms with E-state index in [1.165, 1.54) is 35.6 Å². The molecule has 8 heteroatoms. The van der Waals surface area contributed by atoms with E-state index in [1.54, 1.807) is 6.20 Å². The summed E-state index contributed by atoms with van der Waals surface area (Å²) in [7, 11) is 0. The molecule has 1 aliphatic rings. The lowest BCUT2D eigenvalue weighted by molar-refractivity contribution is 0.102. The van der Waals surface area contributed by atoms with Gasteiger partial charge in [0.1, 0.15) is 5.82 Å². The maximum atomic E-state index is 13.0. The molecule has 1 aromatic carbocycles. The number of thiazole rings is 1. The maximum absolute atomic E-state index is 13.0. The Bertz CT molecular complexity index is 961. The first-order valence-electron chi connectivity index (χ1n) is 8.95. The zero-order valence-electron chi connectivity index (χ0n) is 14.9. The van der Waals surface area contributed by atoms with Crippen LogP contribution in [0.15, 0.2) is 48.0 Å². The number of halogens is 2. The average molecular weight is 417 g/mol. The van der Waals surface area contributed by atoms with Crippen molar-refractivity contribution in [3.8, 4) is 0 Å². The monoisotopic (exact) mass is 416 g/mol. The first-order chi connectivity index (χ1) is 13.6. The second kappa shape index (κ2) is 8.34. The van der Waals surface area contributed by atoms with E-state index in [0.717, 1.165) is 37.3 Å². The molecule has 4 rings (SSSR count). The minimum atomic E-state index is -0.371. The van der Waals surface area contributed by atoms with Crippen LogP contribution in [-0.2, 0) is 6.54 Å². The molecule has 1 fully saturated rings. The summed E-state index contributed by atoms with van der Waals surface area (Å²) in [6.07, 6.45) is 3.77. The van der Waals surface area contributed by atoms with Crippen molar-refractivity contribution in [2.75, 3.05) is 11.9 Å². The number of anilines is 1. The molecule has 0 aliphatic carbocycles. The summed E-state index contributed by atoms with van der Waals surface area (Å²) in [5.74, 6) is -0.667. The molecule has 1 atom stereocenters. The summed E-state index contributed by atoms with van der Waals surface area (Å²) in [6.45, 7) is 1.71. The van der Waals surface area contributed by atoms with Gasteiger partial charge in [0.25, 0.3) is 5.91 Å². The molecule has 0 spiro atoms. The van der Waals surface area contributed by atoms with Gasteiger partial charge in [-0.25, -0.2) is 9.37 Å². The van der Waals surface area contributed by atoms with E-state index < -0.39 is 0 Å². The molecule has 1 amide bonds. The van der Waals surface area contributed by atoms with Crippen LogP contribution in [-0.4, -0.2) is 27.3 Å². The third kappa shape index (κ3) is 4.38. The molecule has 1 saturated heterocycles. The van der Waals surface area contributed by atoms with Gasteiger partial charge in [0.2, 0.25) is 0 Å². The van der Waals surface area contributed by atoms with Crippen molar-refractivity contribution < 1.29 is 9.18 Å². The SMILES string of the molecule is O=C(Nc1nc([C@H]2CCCN2Cc2ccc(Cl)cn2)cs1)c1ccc(F)cc1. The predicted octanol–water partition coefficient (Wildman–Crippen LogP) is 4.92. The van der Waals surface area contributed by atoms with Crippen LogP contribution >= 0.6 is 22.9 Å². The van der Waals surface area contributed by atoms with E-state index in [-0.39, 0.29) is 17.8 Å². The largest absolute Gasteiger partial charge is 0.298 e. The van der Waals surface area contributed by atoms with Gasteiger partial charge in [0, 0.05) is 23.7 Å². The molecule has 5 nitrogen and oxygen atoms in total. The maximum Gasteiger partial charge on any atom is 0.257 e. The van der Waals surface area contributed by atoms with Crippen molar-refractivity contribution in [1.29, 1.82) is 0 Å². The van der Waals surface area contributed by atoms with Crippen LogP contribution < -0.4 is 5.32 Å². The number of likely N-dealkylation sites (tertiary alicyclic amines) is 1. The molecule has 0 saturated carbocycles. The van der Waals surface area contributed by atoms with Gasteiger partial charge in [-0.1, -0.05) is 11.6 Å². The highest BCUT2D eigenvalue weighted by atomic mass is 35.5. The Morgan fingerprint density at radius 3 is 2.86 bits per heavy atom. The smallest absolute Gasteiger partial charge is 0.257 e. The zero-order chi connectivity index (χ0) is 19.5. The Morgan fingerprint density at radius 1 is 1.29 bits per heavy atom. The summed E-state index contributed by atoms with van der Waals surface area (Å²) >= 11 is 7.31. The van der Waals surface area contributed by atoms with Crippen LogP contribution in [0.3, 0.4) is 0 Å². The van der Waals surface area contributed by atoms with Crippen LogP contribution in [0.4, 0.5) is 9.52 Å². The number of benzene rings is 1. The molecule has 1 N–H and O–H groups in total.